The van der Waals surface area contributed by atoms with Gasteiger partial charge in [0.25, 0.3) is 0 Å². The lowest BCUT2D eigenvalue weighted by Gasteiger charge is -2.47. The van der Waals surface area contributed by atoms with Gasteiger partial charge < -0.3 is 49.6 Å². The molecule has 12 heteroatoms. The van der Waals surface area contributed by atoms with Gasteiger partial charge in [0.15, 0.2) is 17.6 Å². The van der Waals surface area contributed by atoms with Crippen LogP contribution in [0.15, 0.2) is 30.3 Å². The van der Waals surface area contributed by atoms with E-state index in [9.17, 15) is 30.6 Å². The minimum absolute atomic E-state index is 0.0226. The summed E-state index contributed by atoms with van der Waals surface area (Å²) in [6.45, 7) is -0.352. The molecule has 6 N–H and O–H groups in total. The number of methoxy groups -OCH3 is 2. The summed E-state index contributed by atoms with van der Waals surface area (Å²) in [6, 6.07) is 8.73. The molecule has 2 heterocycles. The molecule has 0 spiro atoms. The molecule has 9 unspecified atom stereocenters. The highest BCUT2D eigenvalue weighted by atomic mass is 33.1. The van der Waals surface area contributed by atoms with Gasteiger partial charge in [-0.25, -0.2) is 0 Å². The fourth-order valence-corrected chi connectivity index (χ4v) is 13.5. The molecule has 1 saturated heterocycles. The lowest BCUT2D eigenvalue weighted by Crippen LogP contribution is -2.41. The van der Waals surface area contributed by atoms with Gasteiger partial charge in [-0.2, -0.15) is 0 Å². The van der Waals surface area contributed by atoms with Crippen LogP contribution in [0.2, 0.25) is 0 Å². The van der Waals surface area contributed by atoms with Gasteiger partial charge in [0, 0.05) is 45.1 Å². The van der Waals surface area contributed by atoms with Crippen LogP contribution < -0.4 is 18.9 Å². The highest BCUT2D eigenvalue weighted by Crippen LogP contribution is 2.64. The second-order valence-corrected chi connectivity index (χ2v) is 17.4. The van der Waals surface area contributed by atoms with Crippen molar-refractivity contribution in [3.63, 3.8) is 0 Å². The van der Waals surface area contributed by atoms with Crippen LogP contribution >= 0.6 is 21.6 Å². The van der Waals surface area contributed by atoms with E-state index in [1.54, 1.807) is 6.07 Å². The normalized spacial score (nSPS) is 30.6. The molecule has 3 aromatic carbocycles. The van der Waals surface area contributed by atoms with Crippen molar-refractivity contribution in [2.75, 3.05) is 34.0 Å². The predicted octanol–water partition coefficient (Wildman–Crippen LogP) is 6.73. The third-order valence-electron chi connectivity index (χ3n) is 12.1. The topological polar surface area (TPSA) is 158 Å². The fraction of sp³-hybridized carbons (Fsp3) is 0.538. The molecule has 6 bridgehead atoms. The zero-order valence-corrected chi connectivity index (χ0v) is 30.4. The van der Waals surface area contributed by atoms with E-state index in [-0.39, 0.29) is 71.2 Å². The van der Waals surface area contributed by atoms with Gasteiger partial charge in [-0.05, 0) is 84.7 Å². The van der Waals surface area contributed by atoms with Gasteiger partial charge >= 0.3 is 0 Å². The Morgan fingerprint density at radius 3 is 2.43 bits per heavy atom. The summed E-state index contributed by atoms with van der Waals surface area (Å²) in [7, 11) is 6.52. The van der Waals surface area contributed by atoms with Gasteiger partial charge in [0.05, 0.1) is 27.4 Å². The Morgan fingerprint density at radius 2 is 1.67 bits per heavy atom. The molecule has 2 fully saturated rings. The minimum atomic E-state index is -1.15. The van der Waals surface area contributed by atoms with Crippen molar-refractivity contribution in [1.29, 1.82) is 0 Å². The molecule has 10 nitrogen and oxygen atoms in total. The van der Waals surface area contributed by atoms with Crippen molar-refractivity contribution in [2.45, 2.75) is 85.4 Å². The maximum atomic E-state index is 12.7. The third kappa shape index (κ3) is 5.76. The molecule has 51 heavy (non-hydrogen) atoms. The quantitative estimate of drug-likeness (QED) is 0.142. The maximum Gasteiger partial charge on any atom is 0.207 e. The average Bonchev–Trinajstić information content (AvgIpc) is 3.18. The van der Waals surface area contributed by atoms with Crippen LogP contribution in [0.5, 0.6) is 40.2 Å². The number of ether oxygens (including phenoxy) is 4. The van der Waals surface area contributed by atoms with E-state index in [0.29, 0.717) is 28.6 Å². The molecule has 2 aliphatic heterocycles. The van der Waals surface area contributed by atoms with Gasteiger partial charge in [0.2, 0.25) is 11.5 Å². The number of hydrogen-bond acceptors (Lipinski definition) is 12. The molecular weight excluding hydrogens is 693 g/mol. The number of phenolic OH excluding ortho intramolecular Hbond substituents is 3. The Morgan fingerprint density at radius 1 is 0.843 bits per heavy atom. The fourth-order valence-electron chi connectivity index (χ4n) is 9.86. The molecule has 3 aromatic rings. The third-order valence-corrected chi connectivity index (χ3v) is 15.6. The molecule has 0 radical (unpaired) electrons. The van der Waals surface area contributed by atoms with E-state index >= 15 is 0 Å². The van der Waals surface area contributed by atoms with Crippen molar-refractivity contribution in [2.24, 2.45) is 11.8 Å². The molecule has 5 aliphatic rings. The van der Waals surface area contributed by atoms with Gasteiger partial charge in [-0.15, -0.1) is 0 Å². The largest absolute Gasteiger partial charge is 0.508 e. The Balaban J connectivity index is 1.42. The summed E-state index contributed by atoms with van der Waals surface area (Å²) in [5, 5.41) is 67.6. The molecule has 9 atom stereocenters. The smallest absolute Gasteiger partial charge is 0.207 e. The molecule has 8 rings (SSSR count). The monoisotopic (exact) mass is 738 g/mol. The van der Waals surface area contributed by atoms with Crippen LogP contribution in [-0.4, -0.2) is 81.3 Å². The minimum Gasteiger partial charge on any atom is -0.508 e. The summed E-state index contributed by atoms with van der Waals surface area (Å²) in [5.41, 5.74) is 4.57. The number of fused-ring (bicyclic) bond motifs is 11. The average molecular weight is 739 g/mol. The lowest BCUT2D eigenvalue weighted by atomic mass is 9.62. The van der Waals surface area contributed by atoms with Crippen molar-refractivity contribution >= 4 is 21.6 Å². The molecule has 3 aliphatic carbocycles. The SMILES string of the molecule is COc1cc(C2Oc3cc(OCCO)c4c5c3C(C3CCC(CC(c6cc(O)ccc6-4)C5CO)C4CCCC(C4)SS3)C2O)c(O)c(OC)c1O. The second-order valence-electron chi connectivity index (χ2n) is 14.6. The summed E-state index contributed by atoms with van der Waals surface area (Å²) in [4.78, 5) is 0. The van der Waals surface area contributed by atoms with E-state index < -0.39 is 18.1 Å². The van der Waals surface area contributed by atoms with Crippen molar-refractivity contribution < 1.29 is 49.6 Å². The first-order chi connectivity index (χ1) is 24.8. The number of hydrogen-bond donors (Lipinski definition) is 6. The van der Waals surface area contributed by atoms with E-state index in [2.05, 4.69) is 0 Å². The zero-order chi connectivity index (χ0) is 35.6. The van der Waals surface area contributed by atoms with Gasteiger partial charge in [-0.3, -0.25) is 0 Å². The summed E-state index contributed by atoms with van der Waals surface area (Å²) in [6.07, 6.45) is 5.12. The summed E-state index contributed by atoms with van der Waals surface area (Å²) in [5.74, 6) is 0.247. The summed E-state index contributed by atoms with van der Waals surface area (Å²) < 4.78 is 23.9. The Kier molecular flexibility index (Phi) is 9.58. The Hall–Kier alpha value is -3.16. The van der Waals surface area contributed by atoms with E-state index in [4.69, 9.17) is 18.9 Å². The molecule has 0 amide bonds. The van der Waals surface area contributed by atoms with Gasteiger partial charge in [0.1, 0.15) is 30.0 Å². The standard InChI is InChI=1S/C39H46O10S2/c1-46-29-15-25(35(43)39(47-2)36(29)44)38-37(45)34-30-9-6-19(18-4-3-5-21(12-18)50-51-30)13-23-24-14-20(42)7-8-22(24)31-27(48-11-10-40)16-28(49-38)33(34)32(31)26(23)17-41/h7-8,14-16,18-19,21,23,26,30,34,37-38,40-45H,3-6,9-13,17H2,1-2H3. The maximum absolute atomic E-state index is 12.7. The van der Waals surface area contributed by atoms with E-state index in [1.807, 2.05) is 39.8 Å². The predicted molar refractivity (Wildman–Crippen MR) is 196 cm³/mol. The van der Waals surface area contributed by atoms with Crippen molar-refractivity contribution in [3.05, 3.63) is 52.6 Å². The Labute approximate surface area is 305 Å². The highest BCUT2D eigenvalue weighted by molar-refractivity contribution is 8.77. The molecular formula is C39H46O10S2. The number of rotatable bonds is 7. The van der Waals surface area contributed by atoms with E-state index in [0.717, 1.165) is 59.9 Å². The number of benzene rings is 3. The number of phenols is 3. The zero-order valence-electron chi connectivity index (χ0n) is 28.8. The van der Waals surface area contributed by atoms with E-state index in [1.165, 1.54) is 33.1 Å². The highest BCUT2D eigenvalue weighted by Gasteiger charge is 2.51. The van der Waals surface area contributed by atoms with Crippen LogP contribution in [0.1, 0.15) is 91.1 Å². The second kappa shape index (κ2) is 14.0. The number of aliphatic hydroxyl groups is 3. The van der Waals surface area contributed by atoms with Crippen LogP contribution in [0.3, 0.4) is 0 Å². The first kappa shape index (κ1) is 34.9. The molecule has 1 saturated carbocycles. The summed E-state index contributed by atoms with van der Waals surface area (Å²) >= 11 is 0. The first-order valence-corrected chi connectivity index (χ1v) is 20.3. The van der Waals surface area contributed by atoms with Crippen LogP contribution in [-0.2, 0) is 0 Å². The molecule has 274 valence electrons. The van der Waals surface area contributed by atoms with Crippen LogP contribution in [0, 0.1) is 11.8 Å². The lowest BCUT2D eigenvalue weighted by molar-refractivity contribution is -0.00433. The van der Waals surface area contributed by atoms with Crippen LogP contribution in [0.4, 0.5) is 0 Å². The number of aliphatic hydroxyl groups excluding tert-OH is 3. The first-order valence-electron chi connectivity index (χ1n) is 18.0. The van der Waals surface area contributed by atoms with Crippen LogP contribution in [0.25, 0.3) is 11.1 Å². The molecule has 0 aromatic heterocycles. The number of aromatic hydroxyl groups is 3. The van der Waals surface area contributed by atoms with Crippen molar-refractivity contribution in [1.82, 2.24) is 0 Å². The van der Waals surface area contributed by atoms with Crippen molar-refractivity contribution in [3.8, 4) is 51.4 Å². The van der Waals surface area contributed by atoms with Gasteiger partial charge in [-0.1, -0.05) is 40.5 Å². The Bertz CT molecular complexity index is 1800.